The number of thiophene rings is 1. The van der Waals surface area contributed by atoms with Crippen molar-refractivity contribution in [2.24, 2.45) is 0 Å². The Morgan fingerprint density at radius 1 is 1.24 bits per heavy atom. The number of carboxylic acid groups (broad SMARTS) is 1. The number of rotatable bonds is 7. The third-order valence-corrected chi connectivity index (χ3v) is 8.96. The first-order valence-electron chi connectivity index (χ1n) is 12.6. The molecule has 200 valence electrons. The van der Waals surface area contributed by atoms with Gasteiger partial charge in [-0.05, 0) is 75.3 Å². The minimum Gasteiger partial charge on any atom is -0.494 e. The number of nitrogens with zero attached hydrogens (tertiary/aromatic N) is 1. The molecule has 0 amide bonds. The normalized spacial score (nSPS) is 20.7. The number of aromatic carboxylic acids is 1. The van der Waals surface area contributed by atoms with Crippen molar-refractivity contribution in [1.82, 2.24) is 15.2 Å². The number of aryl methyl sites for hydroxylation is 1. The van der Waals surface area contributed by atoms with Gasteiger partial charge in [0.25, 0.3) is 0 Å². The van der Waals surface area contributed by atoms with E-state index in [-0.39, 0.29) is 36.4 Å². The zero-order valence-electron chi connectivity index (χ0n) is 20.7. The molecule has 3 heterocycles. The lowest BCUT2D eigenvalue weighted by Gasteiger charge is -2.25. The molecule has 2 unspecified atom stereocenters. The number of hydrogen-bond acceptors (Lipinski definition) is 6. The van der Waals surface area contributed by atoms with Crippen molar-refractivity contribution in [3.63, 3.8) is 0 Å². The fraction of sp³-hybridized carbons (Fsp3) is 0.481. The number of nitrogens with one attached hydrogen (secondary N) is 2. The van der Waals surface area contributed by atoms with E-state index in [9.17, 15) is 14.7 Å². The van der Waals surface area contributed by atoms with Crippen LogP contribution in [0.5, 0.6) is 5.75 Å². The zero-order chi connectivity index (χ0) is 24.1. The van der Waals surface area contributed by atoms with E-state index in [0.29, 0.717) is 28.7 Å². The van der Waals surface area contributed by atoms with Gasteiger partial charge in [0.2, 0.25) is 5.43 Å². The molecule has 2 atom stereocenters. The number of hydrogen-bond donors (Lipinski definition) is 3. The van der Waals surface area contributed by atoms with Crippen LogP contribution in [0.25, 0.3) is 21.3 Å². The average molecular weight is 567 g/mol. The van der Waals surface area contributed by atoms with Crippen molar-refractivity contribution in [2.45, 2.75) is 63.1 Å². The number of carbonyl (C=O) groups is 1. The number of aromatic nitrogens is 1. The molecular weight excluding hydrogens is 533 g/mol. The molecule has 3 aliphatic rings. The third-order valence-electron chi connectivity index (χ3n) is 7.69. The van der Waals surface area contributed by atoms with E-state index in [4.69, 9.17) is 4.74 Å². The summed E-state index contributed by atoms with van der Waals surface area (Å²) in [5.74, 6) is -0.531. The fourth-order valence-corrected chi connectivity index (χ4v) is 6.91. The van der Waals surface area contributed by atoms with Crippen molar-refractivity contribution in [2.75, 3.05) is 20.2 Å². The maximum atomic E-state index is 13.0. The van der Waals surface area contributed by atoms with Crippen molar-refractivity contribution in [3.8, 4) is 16.2 Å². The Hall–Kier alpha value is -2.10. The van der Waals surface area contributed by atoms with Crippen LogP contribution in [-0.4, -0.2) is 47.9 Å². The molecule has 1 saturated heterocycles. The third kappa shape index (κ3) is 5.27. The van der Waals surface area contributed by atoms with Gasteiger partial charge in [-0.25, -0.2) is 4.79 Å². The molecule has 2 aromatic heterocycles. The van der Waals surface area contributed by atoms with Crippen molar-refractivity contribution < 1.29 is 14.6 Å². The molecule has 1 saturated carbocycles. The number of halogens is 2. The molecule has 6 rings (SSSR count). The molecule has 1 aliphatic heterocycles. The minimum absolute atomic E-state index is 0. The average Bonchev–Trinajstić information content (AvgIpc) is 3.39. The molecule has 0 spiro atoms. The summed E-state index contributed by atoms with van der Waals surface area (Å²) in [5.41, 5.74) is 2.44. The molecule has 3 aromatic rings. The Kier molecular flexibility index (Phi) is 8.55. The first-order chi connectivity index (χ1) is 17.0. The van der Waals surface area contributed by atoms with Crippen molar-refractivity contribution >= 4 is 53.0 Å². The Bertz CT molecular complexity index is 1360. The molecule has 0 radical (unpaired) electrons. The van der Waals surface area contributed by atoms with Gasteiger partial charge in [-0.1, -0.05) is 0 Å². The molecule has 37 heavy (non-hydrogen) atoms. The van der Waals surface area contributed by atoms with E-state index >= 15 is 0 Å². The first kappa shape index (κ1) is 27.9. The van der Waals surface area contributed by atoms with E-state index in [2.05, 4.69) is 16.7 Å². The van der Waals surface area contributed by atoms with Gasteiger partial charge < -0.3 is 25.0 Å². The van der Waals surface area contributed by atoms with Crippen molar-refractivity contribution in [1.29, 1.82) is 0 Å². The number of ether oxygens (including phenoxy) is 1. The van der Waals surface area contributed by atoms with Crippen LogP contribution < -0.4 is 20.8 Å². The van der Waals surface area contributed by atoms with E-state index in [1.807, 2.05) is 22.0 Å². The number of fused-ring (bicyclic) bond motifs is 2. The summed E-state index contributed by atoms with van der Waals surface area (Å²) in [6, 6.07) is 7.29. The maximum absolute atomic E-state index is 13.0. The highest BCUT2D eigenvalue weighted by Gasteiger charge is 2.30. The Morgan fingerprint density at radius 3 is 2.73 bits per heavy atom. The highest BCUT2D eigenvalue weighted by atomic mass is 35.5. The highest BCUT2D eigenvalue weighted by molar-refractivity contribution is 7.15. The number of methoxy groups -OCH3 is 1. The maximum Gasteiger partial charge on any atom is 0.341 e. The zero-order valence-corrected chi connectivity index (χ0v) is 23.2. The molecule has 2 aliphatic carbocycles. The van der Waals surface area contributed by atoms with Gasteiger partial charge >= 0.3 is 5.97 Å². The van der Waals surface area contributed by atoms with Crippen LogP contribution >= 0.6 is 36.2 Å². The van der Waals surface area contributed by atoms with Gasteiger partial charge in [-0.3, -0.25) is 4.79 Å². The van der Waals surface area contributed by atoms with Crippen LogP contribution in [-0.2, 0) is 12.8 Å². The molecule has 3 N–H and O–H groups in total. The summed E-state index contributed by atoms with van der Waals surface area (Å²) in [6.45, 7) is 2.17. The van der Waals surface area contributed by atoms with Crippen molar-refractivity contribution in [3.05, 3.63) is 50.6 Å². The van der Waals surface area contributed by atoms with Crippen LogP contribution in [0.4, 0.5) is 0 Å². The predicted octanol–water partition coefficient (Wildman–Crippen LogP) is 4.81. The van der Waals surface area contributed by atoms with Gasteiger partial charge in [-0.2, -0.15) is 0 Å². The van der Waals surface area contributed by atoms with Crippen LogP contribution in [0.2, 0.25) is 0 Å². The molecule has 0 bridgehead atoms. The van der Waals surface area contributed by atoms with Gasteiger partial charge in [0.15, 0.2) is 5.75 Å². The second-order valence-electron chi connectivity index (χ2n) is 10.1. The van der Waals surface area contributed by atoms with Gasteiger partial charge in [0.1, 0.15) is 5.56 Å². The second-order valence-corrected chi connectivity index (χ2v) is 11.2. The van der Waals surface area contributed by atoms with Gasteiger partial charge in [0, 0.05) is 46.2 Å². The summed E-state index contributed by atoms with van der Waals surface area (Å²) in [7, 11) is 1.63. The van der Waals surface area contributed by atoms with Crippen LogP contribution in [0.15, 0.2) is 29.2 Å². The lowest BCUT2D eigenvalue weighted by atomic mass is 9.93. The summed E-state index contributed by atoms with van der Waals surface area (Å²) in [6.07, 6.45) is 9.23. The van der Waals surface area contributed by atoms with Crippen LogP contribution in [0.3, 0.4) is 0 Å². The first-order valence-corrected chi connectivity index (χ1v) is 13.4. The SMILES string of the molecule is COc1c(-c2cc3c(s2)CCC(NCC2CCCN2)C3)ccc2c(=O)c(C(=O)O)cn(C3CC3)c12.Cl.Cl. The number of pyridine rings is 1. The Morgan fingerprint density at radius 2 is 2.05 bits per heavy atom. The molecule has 10 heteroatoms. The van der Waals surface area contributed by atoms with E-state index < -0.39 is 11.4 Å². The highest BCUT2D eigenvalue weighted by Crippen LogP contribution is 2.45. The summed E-state index contributed by atoms with van der Waals surface area (Å²) in [5, 5.41) is 17.3. The fourth-order valence-electron chi connectivity index (χ4n) is 5.68. The lowest BCUT2D eigenvalue weighted by molar-refractivity contribution is 0.0695. The lowest BCUT2D eigenvalue weighted by Crippen LogP contribution is -2.41. The second kappa shape index (κ2) is 11.3. The number of benzene rings is 1. The van der Waals surface area contributed by atoms with Gasteiger partial charge in [0.05, 0.1) is 18.0 Å². The smallest absolute Gasteiger partial charge is 0.341 e. The Balaban J connectivity index is 0.00000160. The van der Waals surface area contributed by atoms with E-state index in [1.54, 1.807) is 13.2 Å². The monoisotopic (exact) mass is 565 g/mol. The largest absolute Gasteiger partial charge is 0.494 e. The Labute approximate surface area is 232 Å². The molecule has 2 fully saturated rings. The van der Waals surface area contributed by atoms with E-state index in [1.165, 1.54) is 29.5 Å². The number of carboxylic acids is 1. The van der Waals surface area contributed by atoms with Crippen LogP contribution in [0.1, 0.15) is 58.9 Å². The summed E-state index contributed by atoms with van der Waals surface area (Å²) in [4.78, 5) is 27.3. The minimum atomic E-state index is -1.19. The summed E-state index contributed by atoms with van der Waals surface area (Å²) < 4.78 is 7.87. The quantitative estimate of drug-likeness (QED) is 0.380. The molecule has 7 nitrogen and oxygen atoms in total. The topological polar surface area (TPSA) is 92.6 Å². The standard InChI is InChI=1S/C27H31N3O4S.2ClH/c1-34-26-19(7-8-20-24(26)30(18-5-6-18)14-21(25(20)31)27(32)33)23-12-15-11-16(4-9-22(15)35-23)29-13-17-3-2-10-28-17;;/h7-8,12,14,16-18,28-29H,2-6,9-11,13H2,1H3,(H,32,33);2*1H. The summed E-state index contributed by atoms with van der Waals surface area (Å²) >= 11 is 1.81. The molecule has 1 aromatic carbocycles. The molecular formula is C27H33Cl2N3O4S. The van der Waals surface area contributed by atoms with Gasteiger partial charge in [-0.15, -0.1) is 36.2 Å². The van der Waals surface area contributed by atoms with E-state index in [0.717, 1.165) is 55.6 Å². The van der Waals surface area contributed by atoms with Crippen LogP contribution in [0, 0.1) is 0 Å². The predicted molar refractivity (Wildman–Crippen MR) is 153 cm³/mol.